The second kappa shape index (κ2) is 20.1. The lowest BCUT2D eigenvalue weighted by atomic mass is 9.33. The molecule has 10 aliphatic rings. The van der Waals surface area contributed by atoms with Crippen LogP contribution in [-0.4, -0.2) is 221 Å². The Morgan fingerprint density at radius 2 is 1.25 bits per heavy atom. The predicted octanol–water partition coefficient (Wildman–Crippen LogP) is -1.20. The van der Waals surface area contributed by atoms with Gasteiger partial charge in [-0.3, -0.25) is 4.79 Å². The summed E-state index contributed by atoms with van der Waals surface area (Å²) in [6.45, 7) is 13.6. The molecule has 0 aromatic heterocycles. The molecule has 24 nitrogen and oxygen atoms in total. The normalized spacial score (nSPS) is 56.4. The van der Waals surface area contributed by atoms with Gasteiger partial charge in [-0.15, -0.1) is 0 Å². The van der Waals surface area contributed by atoms with Gasteiger partial charge in [0, 0.05) is 17.3 Å². The quantitative estimate of drug-likeness (QED) is 0.0657. The number of carbonyl (C=O) groups excluding carboxylic acids is 1. The van der Waals surface area contributed by atoms with Crippen LogP contribution in [0.5, 0.6) is 0 Å². The Morgan fingerprint density at radius 1 is 0.623 bits per heavy atom. The van der Waals surface area contributed by atoms with Crippen molar-refractivity contribution in [3.05, 3.63) is 11.6 Å². The van der Waals surface area contributed by atoms with Crippen molar-refractivity contribution >= 4 is 17.9 Å². The van der Waals surface area contributed by atoms with E-state index in [-0.39, 0.29) is 57.9 Å². The van der Waals surface area contributed by atoms with Crippen molar-refractivity contribution in [3.8, 4) is 0 Å². The lowest BCUT2D eigenvalue weighted by molar-refractivity contribution is -0.405. The van der Waals surface area contributed by atoms with Crippen LogP contribution in [0.25, 0.3) is 0 Å². The molecular formula is C53H80O24. The molecule has 0 aromatic carbocycles. The number of carbonyl (C=O) groups is 3. The summed E-state index contributed by atoms with van der Waals surface area (Å²) in [5, 5.41) is 131. The minimum Gasteiger partial charge on any atom is -0.479 e. The highest BCUT2D eigenvalue weighted by Crippen LogP contribution is 2.76. The molecule has 77 heavy (non-hydrogen) atoms. The molecule has 0 aromatic rings. The molecule has 0 radical (unpaired) electrons. The first-order valence-corrected chi connectivity index (χ1v) is 27.3. The van der Waals surface area contributed by atoms with E-state index in [9.17, 15) is 75.7 Å². The van der Waals surface area contributed by atoms with E-state index in [0.717, 1.165) is 38.5 Å². The van der Waals surface area contributed by atoms with Crippen LogP contribution in [0.2, 0.25) is 0 Å². The highest BCUT2D eigenvalue weighted by molar-refractivity contribution is 5.79. The van der Waals surface area contributed by atoms with E-state index in [1.807, 2.05) is 13.8 Å². The van der Waals surface area contributed by atoms with Crippen molar-refractivity contribution in [3.63, 3.8) is 0 Å². The number of rotatable bonds is 11. The van der Waals surface area contributed by atoms with E-state index >= 15 is 0 Å². The third-order valence-corrected chi connectivity index (χ3v) is 21.7. The molecule has 10 rings (SSSR count). The van der Waals surface area contributed by atoms with E-state index in [2.05, 4.69) is 33.8 Å². The molecule has 5 aliphatic carbocycles. The van der Waals surface area contributed by atoms with Crippen LogP contribution in [0.15, 0.2) is 11.6 Å². The molecule has 5 saturated heterocycles. The summed E-state index contributed by atoms with van der Waals surface area (Å²) in [6.07, 6.45) is -29.8. The number of hydrogen-bond acceptors (Lipinski definition) is 22. The average molecular weight is 1100 g/mol. The summed E-state index contributed by atoms with van der Waals surface area (Å²) in [6, 6.07) is 0. The van der Waals surface area contributed by atoms with Crippen LogP contribution in [0.4, 0.5) is 0 Å². The number of carboxylic acid groups (broad SMARTS) is 2. The summed E-state index contributed by atoms with van der Waals surface area (Å²) >= 11 is 0. The first-order valence-electron chi connectivity index (χ1n) is 27.3. The molecule has 5 heterocycles. The lowest BCUT2D eigenvalue weighted by Crippen LogP contribution is -2.69. The summed E-state index contributed by atoms with van der Waals surface area (Å²) in [5.74, 6) is -3.49. The fraction of sp³-hybridized carbons (Fsp3) is 0.906. The second-order valence-electron chi connectivity index (χ2n) is 25.8. The fourth-order valence-electron chi connectivity index (χ4n) is 16.7. The van der Waals surface area contributed by atoms with Gasteiger partial charge in [0.15, 0.2) is 37.4 Å². The van der Waals surface area contributed by atoms with Gasteiger partial charge in [-0.2, -0.15) is 0 Å². The van der Waals surface area contributed by atoms with Gasteiger partial charge in [0.2, 0.25) is 0 Å². The standard InChI is InChI=1S/C53H80O24/c1-20-28(56)30(58)34(62)44(70-20)77-40-36(73-43-33(61)29(57)23(55)18-69-43)35(63)38(42(66)67)75-46(40)76-39-32(60)31(59)37(41(64)65)74-45(39)71-26-11-12-50(4)24(51(26,5)19-54)10-13-53(7)25(50)9-8-21-22-16-48(2)17-27(72-47(48)68)49(22,3)14-15-52(21,53)6/h8,20,22-40,43-46,54-63H,9-19H2,1-7H3,(H,64,65)(H,66,67)/t20-,22-,23+,24+,25+,26-,27+,28-,29-,30+,31-,32-,33+,34+,35-,36-,37-,38-,39+,40+,43-,44-,45+,46-,48+,49+,50+,51+,52+,53+/m0/s1. The lowest BCUT2D eigenvalue weighted by Gasteiger charge is -2.71. The van der Waals surface area contributed by atoms with E-state index in [1.54, 1.807) is 0 Å². The predicted molar refractivity (Wildman–Crippen MR) is 256 cm³/mol. The third kappa shape index (κ3) is 8.79. The number of allylic oxidation sites excluding steroid dienone is 2. The van der Waals surface area contributed by atoms with E-state index in [0.29, 0.717) is 12.8 Å². The molecule has 0 amide bonds. The first-order chi connectivity index (χ1) is 36.0. The molecule has 12 N–H and O–H groups in total. The molecule has 5 aliphatic heterocycles. The van der Waals surface area contributed by atoms with Gasteiger partial charge in [-0.05, 0) is 99.2 Å². The largest absolute Gasteiger partial charge is 0.479 e. The van der Waals surface area contributed by atoms with Crippen molar-refractivity contribution in [2.24, 2.45) is 50.2 Å². The summed E-state index contributed by atoms with van der Waals surface area (Å²) in [4.78, 5) is 38.8. The number of aliphatic hydroxyl groups excluding tert-OH is 10. The average Bonchev–Trinajstić information content (AvgIpc) is 3.65. The molecule has 0 unspecified atom stereocenters. The van der Waals surface area contributed by atoms with E-state index in [1.165, 1.54) is 12.5 Å². The van der Waals surface area contributed by atoms with Gasteiger partial charge < -0.3 is 104 Å². The molecule has 9 fully saturated rings. The van der Waals surface area contributed by atoms with Crippen LogP contribution < -0.4 is 0 Å². The third-order valence-electron chi connectivity index (χ3n) is 21.7. The molecule has 4 saturated carbocycles. The van der Waals surface area contributed by atoms with E-state index < -0.39 is 159 Å². The maximum atomic E-state index is 13.3. The zero-order valence-corrected chi connectivity index (χ0v) is 44.5. The number of hydrogen-bond donors (Lipinski definition) is 12. The van der Waals surface area contributed by atoms with Crippen LogP contribution >= 0.6 is 0 Å². The summed E-state index contributed by atoms with van der Waals surface area (Å²) in [7, 11) is 0. The molecule has 0 spiro atoms. The van der Waals surface area contributed by atoms with Gasteiger partial charge >= 0.3 is 17.9 Å². The Kier molecular flexibility index (Phi) is 15.1. The number of aliphatic carboxylic acids is 2. The minimum atomic E-state index is -2.29. The smallest absolute Gasteiger partial charge is 0.335 e. The zero-order valence-electron chi connectivity index (χ0n) is 44.5. The topological polar surface area (TPSA) is 377 Å². The monoisotopic (exact) mass is 1100 g/mol. The van der Waals surface area contributed by atoms with Crippen LogP contribution in [0, 0.1) is 50.2 Å². The summed E-state index contributed by atoms with van der Waals surface area (Å²) in [5.41, 5.74) is -1.12. The van der Waals surface area contributed by atoms with E-state index in [4.69, 9.17) is 42.6 Å². The molecule has 436 valence electrons. The maximum absolute atomic E-state index is 13.3. The Labute approximate surface area is 445 Å². The van der Waals surface area contributed by atoms with Crippen molar-refractivity contribution in [2.45, 2.75) is 235 Å². The van der Waals surface area contributed by atoms with Gasteiger partial charge in [0.25, 0.3) is 0 Å². The molecule has 24 heteroatoms. The van der Waals surface area contributed by atoms with Crippen molar-refractivity contribution in [1.82, 2.24) is 0 Å². The van der Waals surface area contributed by atoms with Gasteiger partial charge in [-0.25, -0.2) is 9.59 Å². The Morgan fingerprint density at radius 3 is 1.91 bits per heavy atom. The zero-order chi connectivity index (χ0) is 56.0. The minimum absolute atomic E-state index is 0.109. The highest BCUT2D eigenvalue weighted by atomic mass is 16.8. The van der Waals surface area contributed by atoms with Gasteiger partial charge in [0.05, 0.1) is 30.8 Å². The van der Waals surface area contributed by atoms with Gasteiger partial charge in [-0.1, -0.05) is 46.3 Å². The highest BCUT2D eigenvalue weighted by Gasteiger charge is 2.72. The molecule has 30 atom stereocenters. The summed E-state index contributed by atoms with van der Waals surface area (Å²) < 4.78 is 54.1. The number of ether oxygens (including phenoxy) is 9. The van der Waals surface area contributed by atoms with Crippen molar-refractivity contribution in [2.75, 3.05) is 13.2 Å². The number of esters is 1. The van der Waals surface area contributed by atoms with Crippen LogP contribution in [-0.2, 0) is 57.0 Å². The Bertz CT molecular complexity index is 2290. The number of aliphatic hydroxyl groups is 10. The number of carboxylic acids is 2. The van der Waals surface area contributed by atoms with Crippen molar-refractivity contribution < 1.29 is 118 Å². The fourth-order valence-corrected chi connectivity index (χ4v) is 16.7. The second-order valence-corrected chi connectivity index (χ2v) is 25.8. The number of fused-ring (bicyclic) bond motifs is 10. The molecular weight excluding hydrogens is 1020 g/mol. The SMILES string of the molecule is C[C@@H]1O[C@@H](O[C@H]2[C@H](O[C@H]3[C@H](O[C@H]4CC[C@]5(C)[C@@H](CC[C@]6(C)[C@@H]5CC=C5[C@@H]7C[C@]8(C)C[C@@H](OC8=O)[C@]7(C)CC[C@]56C)[C@@]4(C)CO)O[C@H](C(=O)O)[C@@H](O)[C@@H]3O)O[C@H](C(=O)O)[C@@H](O)[C@@H]2O[C@@H]2OC[C@@H](O)[C@H](O)[C@H]2O)[C@H](O)[C@H](O)[C@H]1O. The van der Waals surface area contributed by atoms with Crippen LogP contribution in [0.1, 0.15) is 106 Å². The Hall–Kier alpha value is -2.57. The first kappa shape index (κ1) is 57.7. The maximum Gasteiger partial charge on any atom is 0.335 e. The van der Waals surface area contributed by atoms with Gasteiger partial charge in [0.1, 0.15) is 79.4 Å². The van der Waals surface area contributed by atoms with Crippen LogP contribution in [0.3, 0.4) is 0 Å². The Balaban J connectivity index is 0.959. The van der Waals surface area contributed by atoms with Crippen molar-refractivity contribution in [1.29, 1.82) is 0 Å². The molecule has 2 bridgehead atoms.